The predicted octanol–water partition coefficient (Wildman–Crippen LogP) is 10.1. The van der Waals surface area contributed by atoms with E-state index in [-0.39, 0.29) is 6.71 Å². The summed E-state index contributed by atoms with van der Waals surface area (Å²) in [4.78, 5) is 2.29. The zero-order valence-electron chi connectivity index (χ0n) is 27.1. The van der Waals surface area contributed by atoms with Crippen LogP contribution in [0.25, 0.3) is 33.1 Å². The van der Waals surface area contributed by atoms with Crippen molar-refractivity contribution in [1.29, 1.82) is 0 Å². The fourth-order valence-corrected chi connectivity index (χ4v) is 7.47. The molecule has 1 aromatic heterocycles. The van der Waals surface area contributed by atoms with E-state index in [1.807, 2.05) is 18.2 Å². The maximum atomic E-state index is 6.92. The molecule has 232 valence electrons. The number of furan rings is 1. The van der Waals surface area contributed by atoms with E-state index in [4.69, 9.17) is 13.9 Å². The van der Waals surface area contributed by atoms with E-state index in [2.05, 4.69) is 146 Å². The lowest BCUT2D eigenvalue weighted by molar-refractivity contribution is 0.465. The van der Waals surface area contributed by atoms with Gasteiger partial charge in [0.2, 0.25) is 0 Å². The van der Waals surface area contributed by atoms with E-state index >= 15 is 0 Å². The molecule has 0 atom stereocenters. The molecule has 5 heteroatoms. The summed E-state index contributed by atoms with van der Waals surface area (Å²) in [6, 6.07) is 51.2. The third-order valence-electron chi connectivity index (χ3n) is 9.91. The Morgan fingerprint density at radius 3 is 1.76 bits per heavy atom. The Bertz CT molecular complexity index is 2530. The minimum atomic E-state index is -0.0818. The van der Waals surface area contributed by atoms with Crippen molar-refractivity contribution in [3.05, 3.63) is 157 Å². The van der Waals surface area contributed by atoms with Crippen LogP contribution in [0.1, 0.15) is 11.1 Å². The van der Waals surface area contributed by atoms with Crippen molar-refractivity contribution in [2.75, 3.05) is 4.90 Å². The Hall–Kier alpha value is -6.20. The molecule has 0 unspecified atom stereocenters. The fraction of sp³-hybridized carbons (Fsp3) is 0.0455. The lowest BCUT2D eigenvalue weighted by atomic mass is 9.34. The zero-order valence-corrected chi connectivity index (χ0v) is 27.1. The van der Waals surface area contributed by atoms with Crippen LogP contribution in [-0.2, 0) is 0 Å². The molecule has 0 saturated heterocycles. The van der Waals surface area contributed by atoms with Crippen LogP contribution < -0.4 is 30.8 Å². The second-order valence-electron chi connectivity index (χ2n) is 13.1. The van der Waals surface area contributed by atoms with E-state index in [0.717, 1.165) is 89.5 Å². The smallest absolute Gasteiger partial charge is 0.260 e. The first-order chi connectivity index (χ1) is 24.1. The van der Waals surface area contributed by atoms with Crippen LogP contribution in [0.2, 0.25) is 0 Å². The quantitative estimate of drug-likeness (QED) is 0.181. The third kappa shape index (κ3) is 4.46. The standard InChI is InChI=1S/C44H30BNO3/c1-27-12-16-31(17-13-27)46(32-18-14-28(2)15-19-32)33-20-21-36-40(24-33)48-42-22-30(29-8-4-3-5-9-29)23-43-44(42)45(36)37-25-35-34-10-6-7-11-38(34)47-39(35)26-41(37)49-43/h3-26H,1-2H3. The van der Waals surface area contributed by atoms with Gasteiger partial charge in [-0.25, -0.2) is 0 Å². The van der Waals surface area contributed by atoms with Crippen molar-refractivity contribution in [2.24, 2.45) is 0 Å². The van der Waals surface area contributed by atoms with E-state index < -0.39 is 0 Å². The molecule has 4 nitrogen and oxygen atoms in total. The molecule has 0 spiro atoms. The van der Waals surface area contributed by atoms with Crippen LogP contribution in [0.5, 0.6) is 23.0 Å². The van der Waals surface area contributed by atoms with Gasteiger partial charge in [-0.05, 0) is 84.4 Å². The average molecular weight is 632 g/mol. The number of anilines is 3. The number of benzene rings is 7. The molecule has 7 aromatic carbocycles. The molecule has 0 radical (unpaired) electrons. The lowest BCUT2D eigenvalue weighted by Gasteiger charge is -2.34. The summed E-state index contributed by atoms with van der Waals surface area (Å²) in [5.74, 6) is 3.25. The highest BCUT2D eigenvalue weighted by atomic mass is 16.5. The topological polar surface area (TPSA) is 34.8 Å². The molecule has 0 amide bonds. The van der Waals surface area contributed by atoms with E-state index in [1.54, 1.807) is 0 Å². The van der Waals surface area contributed by atoms with Gasteiger partial charge in [0.1, 0.15) is 34.2 Å². The first kappa shape index (κ1) is 27.9. The minimum Gasteiger partial charge on any atom is -0.458 e. The van der Waals surface area contributed by atoms with Crippen molar-refractivity contribution in [3.63, 3.8) is 0 Å². The van der Waals surface area contributed by atoms with Gasteiger partial charge in [0.15, 0.2) is 0 Å². The third-order valence-corrected chi connectivity index (χ3v) is 9.91. The molecule has 0 aliphatic carbocycles. The lowest BCUT2D eigenvalue weighted by Crippen LogP contribution is -2.57. The molecule has 49 heavy (non-hydrogen) atoms. The zero-order chi connectivity index (χ0) is 32.6. The van der Waals surface area contributed by atoms with Crippen LogP contribution >= 0.6 is 0 Å². The van der Waals surface area contributed by atoms with Gasteiger partial charge in [-0.15, -0.1) is 0 Å². The number of aryl methyl sites for hydroxylation is 2. The number of hydrogen-bond donors (Lipinski definition) is 0. The highest BCUT2D eigenvalue weighted by molar-refractivity contribution is 6.98. The summed E-state index contributed by atoms with van der Waals surface area (Å²) >= 11 is 0. The summed E-state index contributed by atoms with van der Waals surface area (Å²) in [5.41, 5.74) is 12.7. The fourth-order valence-electron chi connectivity index (χ4n) is 7.47. The Morgan fingerprint density at radius 2 is 1.06 bits per heavy atom. The maximum Gasteiger partial charge on any atom is 0.260 e. The maximum absolute atomic E-state index is 6.92. The van der Waals surface area contributed by atoms with Crippen LogP contribution in [0.3, 0.4) is 0 Å². The molecule has 0 N–H and O–H groups in total. The van der Waals surface area contributed by atoms with E-state index in [9.17, 15) is 0 Å². The highest BCUT2D eigenvalue weighted by Crippen LogP contribution is 2.42. The Morgan fingerprint density at radius 1 is 0.449 bits per heavy atom. The number of rotatable bonds is 4. The number of nitrogens with zero attached hydrogens (tertiary/aromatic N) is 1. The summed E-state index contributed by atoms with van der Waals surface area (Å²) in [7, 11) is 0. The molecule has 2 aliphatic heterocycles. The van der Waals surface area contributed by atoms with Crippen molar-refractivity contribution in [2.45, 2.75) is 13.8 Å². The Balaban J connectivity index is 1.19. The molecule has 10 rings (SSSR count). The monoisotopic (exact) mass is 631 g/mol. The number of fused-ring (bicyclic) bond motifs is 7. The van der Waals surface area contributed by atoms with Gasteiger partial charge in [0, 0.05) is 45.4 Å². The second kappa shape index (κ2) is 10.7. The van der Waals surface area contributed by atoms with Gasteiger partial charge in [-0.2, -0.15) is 0 Å². The molecule has 0 bridgehead atoms. The number of hydrogen-bond acceptors (Lipinski definition) is 4. The number of para-hydroxylation sites is 1. The first-order valence-corrected chi connectivity index (χ1v) is 16.7. The average Bonchev–Trinajstić information content (AvgIpc) is 3.50. The summed E-state index contributed by atoms with van der Waals surface area (Å²) < 4.78 is 20.0. The highest BCUT2D eigenvalue weighted by Gasteiger charge is 2.41. The Kier molecular flexibility index (Phi) is 6.06. The molecule has 0 fully saturated rings. The largest absolute Gasteiger partial charge is 0.458 e. The van der Waals surface area contributed by atoms with Crippen molar-refractivity contribution < 1.29 is 13.9 Å². The van der Waals surface area contributed by atoms with Crippen LogP contribution in [0, 0.1) is 13.8 Å². The summed E-state index contributed by atoms with van der Waals surface area (Å²) in [5, 5.41) is 2.18. The molecular weight excluding hydrogens is 601 g/mol. The van der Waals surface area contributed by atoms with E-state index in [0.29, 0.717) is 0 Å². The van der Waals surface area contributed by atoms with Gasteiger partial charge in [-0.1, -0.05) is 96.1 Å². The van der Waals surface area contributed by atoms with Crippen LogP contribution in [-0.4, -0.2) is 6.71 Å². The summed E-state index contributed by atoms with van der Waals surface area (Å²) in [6.07, 6.45) is 0. The molecular formula is C44H30BNO3. The van der Waals surface area contributed by atoms with Crippen molar-refractivity contribution >= 4 is 62.1 Å². The Labute approximate surface area is 284 Å². The van der Waals surface area contributed by atoms with Gasteiger partial charge >= 0.3 is 0 Å². The van der Waals surface area contributed by atoms with Gasteiger partial charge < -0.3 is 18.8 Å². The van der Waals surface area contributed by atoms with Crippen molar-refractivity contribution in [1.82, 2.24) is 0 Å². The van der Waals surface area contributed by atoms with Crippen LogP contribution in [0.4, 0.5) is 17.1 Å². The first-order valence-electron chi connectivity index (χ1n) is 16.7. The molecule has 0 saturated carbocycles. The molecule has 8 aromatic rings. The molecule has 3 heterocycles. The minimum absolute atomic E-state index is 0.0818. The normalized spacial score (nSPS) is 12.6. The van der Waals surface area contributed by atoms with Crippen molar-refractivity contribution in [3.8, 4) is 34.1 Å². The molecule has 2 aliphatic rings. The predicted molar refractivity (Wildman–Crippen MR) is 201 cm³/mol. The van der Waals surface area contributed by atoms with Gasteiger partial charge in [-0.3, -0.25) is 0 Å². The van der Waals surface area contributed by atoms with Gasteiger partial charge in [0.05, 0.1) is 0 Å². The number of ether oxygens (including phenoxy) is 2. The van der Waals surface area contributed by atoms with Crippen LogP contribution in [0.15, 0.2) is 150 Å². The SMILES string of the molecule is Cc1ccc(N(c2ccc(C)cc2)c2ccc3c(c2)Oc2cc(-c4ccccc4)cc4c2B3c2cc3c(cc2O4)oc2ccccc23)cc1. The van der Waals surface area contributed by atoms with E-state index in [1.165, 1.54) is 11.1 Å². The second-order valence-corrected chi connectivity index (χ2v) is 13.1. The van der Waals surface area contributed by atoms with Gasteiger partial charge in [0.25, 0.3) is 6.71 Å². The summed E-state index contributed by atoms with van der Waals surface area (Å²) in [6.45, 7) is 4.16.